The smallest absolute Gasteiger partial charge is 0.303 e. The molecule has 1 rings (SSSR count). The SMILES string of the molecule is NC(CCCC(=O)O)c1ccc(F)cc1F. The zero-order valence-electron chi connectivity index (χ0n) is 8.62. The van der Waals surface area contributed by atoms with Crippen LogP contribution in [0.25, 0.3) is 0 Å². The molecule has 88 valence electrons. The molecule has 1 aromatic carbocycles. The van der Waals surface area contributed by atoms with E-state index in [0.717, 1.165) is 12.1 Å². The Morgan fingerprint density at radius 1 is 1.44 bits per heavy atom. The van der Waals surface area contributed by atoms with Gasteiger partial charge in [-0.15, -0.1) is 0 Å². The average Bonchev–Trinajstić information content (AvgIpc) is 2.16. The van der Waals surface area contributed by atoms with Crippen LogP contribution in [0.4, 0.5) is 8.78 Å². The molecule has 1 unspecified atom stereocenters. The van der Waals surface area contributed by atoms with Gasteiger partial charge in [-0.3, -0.25) is 4.79 Å². The standard InChI is InChI=1S/C11H13F2NO2/c12-7-4-5-8(9(13)6-7)10(14)2-1-3-11(15)16/h4-6,10H,1-3,14H2,(H,15,16). The van der Waals surface area contributed by atoms with Crippen molar-refractivity contribution >= 4 is 5.97 Å². The van der Waals surface area contributed by atoms with Crippen molar-refractivity contribution in [2.45, 2.75) is 25.3 Å². The molecule has 16 heavy (non-hydrogen) atoms. The number of aliphatic carboxylic acids is 1. The van der Waals surface area contributed by atoms with E-state index in [4.69, 9.17) is 10.8 Å². The number of halogens is 2. The maximum Gasteiger partial charge on any atom is 0.303 e. The number of benzene rings is 1. The van der Waals surface area contributed by atoms with Crippen molar-refractivity contribution in [3.05, 3.63) is 35.4 Å². The largest absolute Gasteiger partial charge is 0.481 e. The Kier molecular flexibility index (Phi) is 4.37. The third-order valence-corrected chi connectivity index (χ3v) is 2.27. The lowest BCUT2D eigenvalue weighted by molar-refractivity contribution is -0.137. The molecule has 0 saturated carbocycles. The summed E-state index contributed by atoms with van der Waals surface area (Å²) >= 11 is 0. The lowest BCUT2D eigenvalue weighted by atomic mass is 10.0. The first-order valence-electron chi connectivity index (χ1n) is 4.93. The van der Waals surface area contributed by atoms with E-state index < -0.39 is 23.6 Å². The zero-order valence-corrected chi connectivity index (χ0v) is 8.62. The molecule has 3 nitrogen and oxygen atoms in total. The quantitative estimate of drug-likeness (QED) is 0.813. The molecule has 0 radical (unpaired) electrons. The molecule has 0 aliphatic rings. The second-order valence-corrected chi connectivity index (χ2v) is 3.56. The number of hydrogen-bond acceptors (Lipinski definition) is 2. The van der Waals surface area contributed by atoms with Crippen molar-refractivity contribution in [2.24, 2.45) is 5.73 Å². The van der Waals surface area contributed by atoms with Gasteiger partial charge in [0.05, 0.1) is 0 Å². The van der Waals surface area contributed by atoms with Gasteiger partial charge in [0.25, 0.3) is 0 Å². The minimum atomic E-state index is -0.910. The van der Waals surface area contributed by atoms with E-state index in [1.165, 1.54) is 6.07 Å². The lowest BCUT2D eigenvalue weighted by Gasteiger charge is -2.12. The summed E-state index contributed by atoms with van der Waals surface area (Å²) in [6, 6.07) is 2.60. The van der Waals surface area contributed by atoms with Crippen LogP contribution in [0.3, 0.4) is 0 Å². The van der Waals surface area contributed by atoms with E-state index in [0.29, 0.717) is 12.8 Å². The molecule has 1 aromatic rings. The van der Waals surface area contributed by atoms with Gasteiger partial charge in [0.15, 0.2) is 0 Å². The Bertz CT molecular complexity index is 382. The molecular weight excluding hydrogens is 216 g/mol. The van der Waals surface area contributed by atoms with Gasteiger partial charge in [0.2, 0.25) is 0 Å². The Hall–Kier alpha value is -1.49. The van der Waals surface area contributed by atoms with Crippen LogP contribution >= 0.6 is 0 Å². The number of rotatable bonds is 5. The number of carboxylic acids is 1. The van der Waals surface area contributed by atoms with Crippen molar-refractivity contribution in [3.63, 3.8) is 0 Å². The number of carboxylic acid groups (broad SMARTS) is 1. The van der Waals surface area contributed by atoms with Crippen LogP contribution in [0.1, 0.15) is 30.9 Å². The molecule has 0 spiro atoms. The van der Waals surface area contributed by atoms with Crippen molar-refractivity contribution < 1.29 is 18.7 Å². The summed E-state index contributed by atoms with van der Waals surface area (Å²) in [5, 5.41) is 8.42. The Balaban J connectivity index is 2.58. The summed E-state index contributed by atoms with van der Waals surface area (Å²) in [6.45, 7) is 0. The third kappa shape index (κ3) is 3.58. The highest BCUT2D eigenvalue weighted by molar-refractivity contribution is 5.66. The van der Waals surface area contributed by atoms with Crippen LogP contribution in [0.15, 0.2) is 18.2 Å². The predicted molar refractivity (Wildman–Crippen MR) is 54.8 cm³/mol. The first-order chi connectivity index (χ1) is 7.50. The van der Waals surface area contributed by atoms with Gasteiger partial charge >= 0.3 is 5.97 Å². The molecule has 0 saturated heterocycles. The van der Waals surface area contributed by atoms with Gasteiger partial charge in [-0.25, -0.2) is 8.78 Å². The maximum absolute atomic E-state index is 13.3. The second kappa shape index (κ2) is 5.55. The fourth-order valence-corrected chi connectivity index (χ4v) is 1.43. The Labute approximate surface area is 91.9 Å². The first kappa shape index (κ1) is 12.6. The van der Waals surface area contributed by atoms with Gasteiger partial charge in [-0.05, 0) is 18.9 Å². The molecule has 0 aliphatic carbocycles. The molecule has 0 fully saturated rings. The zero-order chi connectivity index (χ0) is 12.1. The Morgan fingerprint density at radius 3 is 2.69 bits per heavy atom. The topological polar surface area (TPSA) is 63.3 Å². The fraction of sp³-hybridized carbons (Fsp3) is 0.364. The van der Waals surface area contributed by atoms with Crippen LogP contribution in [-0.4, -0.2) is 11.1 Å². The minimum Gasteiger partial charge on any atom is -0.481 e. The molecule has 0 aliphatic heterocycles. The molecule has 0 amide bonds. The molecule has 5 heteroatoms. The molecule has 1 atom stereocenters. The van der Waals surface area contributed by atoms with E-state index in [1.807, 2.05) is 0 Å². The van der Waals surface area contributed by atoms with E-state index in [9.17, 15) is 13.6 Å². The number of carbonyl (C=O) groups is 1. The van der Waals surface area contributed by atoms with Crippen molar-refractivity contribution in [2.75, 3.05) is 0 Å². The van der Waals surface area contributed by atoms with E-state index >= 15 is 0 Å². The Morgan fingerprint density at radius 2 is 2.12 bits per heavy atom. The van der Waals surface area contributed by atoms with Gasteiger partial charge in [0.1, 0.15) is 11.6 Å². The number of nitrogens with two attached hydrogens (primary N) is 1. The monoisotopic (exact) mass is 229 g/mol. The molecule has 0 heterocycles. The first-order valence-corrected chi connectivity index (χ1v) is 4.93. The number of hydrogen-bond donors (Lipinski definition) is 2. The summed E-state index contributed by atoms with van der Waals surface area (Å²) in [4.78, 5) is 10.3. The van der Waals surface area contributed by atoms with Crippen LogP contribution in [0.5, 0.6) is 0 Å². The van der Waals surface area contributed by atoms with Crippen LogP contribution in [0.2, 0.25) is 0 Å². The van der Waals surface area contributed by atoms with Crippen molar-refractivity contribution in [1.82, 2.24) is 0 Å². The minimum absolute atomic E-state index is 0.00346. The van der Waals surface area contributed by atoms with Crippen molar-refractivity contribution in [1.29, 1.82) is 0 Å². The predicted octanol–water partition coefficient (Wildman–Crippen LogP) is 2.22. The maximum atomic E-state index is 13.3. The van der Waals surface area contributed by atoms with Crippen LogP contribution in [-0.2, 0) is 4.79 Å². The lowest BCUT2D eigenvalue weighted by Crippen LogP contribution is -2.12. The van der Waals surface area contributed by atoms with Crippen molar-refractivity contribution in [3.8, 4) is 0 Å². The average molecular weight is 229 g/mol. The summed E-state index contributed by atoms with van der Waals surface area (Å²) < 4.78 is 25.9. The summed E-state index contributed by atoms with van der Waals surface area (Å²) in [5.74, 6) is -2.26. The highest BCUT2D eigenvalue weighted by atomic mass is 19.1. The molecule has 0 aromatic heterocycles. The molecule has 0 bridgehead atoms. The van der Waals surface area contributed by atoms with Gasteiger partial charge in [-0.1, -0.05) is 6.07 Å². The highest BCUT2D eigenvalue weighted by Crippen LogP contribution is 2.20. The second-order valence-electron chi connectivity index (χ2n) is 3.56. The highest BCUT2D eigenvalue weighted by Gasteiger charge is 2.12. The van der Waals surface area contributed by atoms with E-state index in [-0.39, 0.29) is 12.0 Å². The van der Waals surface area contributed by atoms with Gasteiger partial charge in [-0.2, -0.15) is 0 Å². The summed E-state index contributed by atoms with van der Waals surface area (Å²) in [6.07, 6.45) is 0.721. The van der Waals surface area contributed by atoms with Crippen LogP contribution < -0.4 is 5.73 Å². The normalized spacial score (nSPS) is 12.4. The molecule has 3 N–H and O–H groups in total. The summed E-state index contributed by atoms with van der Waals surface area (Å²) in [5.41, 5.74) is 5.89. The molecular formula is C11H13F2NO2. The summed E-state index contributed by atoms with van der Waals surface area (Å²) in [7, 11) is 0. The fourth-order valence-electron chi connectivity index (χ4n) is 1.43. The van der Waals surface area contributed by atoms with Gasteiger partial charge in [0, 0.05) is 24.1 Å². The van der Waals surface area contributed by atoms with E-state index in [2.05, 4.69) is 0 Å². The third-order valence-electron chi connectivity index (χ3n) is 2.27. The van der Waals surface area contributed by atoms with E-state index in [1.54, 1.807) is 0 Å². The van der Waals surface area contributed by atoms with Gasteiger partial charge < -0.3 is 10.8 Å². The van der Waals surface area contributed by atoms with Crippen LogP contribution in [0, 0.1) is 11.6 Å².